The molecule has 0 N–H and O–H groups in total. The predicted octanol–water partition coefficient (Wildman–Crippen LogP) is 6.88. The van der Waals surface area contributed by atoms with Gasteiger partial charge in [-0.15, -0.1) is 0 Å². The molecule has 6 rings (SSSR count). The molecule has 0 radical (unpaired) electrons. The van der Waals surface area contributed by atoms with Gasteiger partial charge in [-0.1, -0.05) is 103 Å². The summed E-state index contributed by atoms with van der Waals surface area (Å²) in [7, 11) is -3.68. The Morgan fingerprint density at radius 3 is 1.56 bits per heavy atom. The third-order valence-electron chi connectivity index (χ3n) is 8.12. The van der Waals surface area contributed by atoms with E-state index in [1.807, 2.05) is 104 Å². The zero-order valence-corrected chi connectivity index (χ0v) is 27.6. The van der Waals surface area contributed by atoms with E-state index in [9.17, 15) is 13.2 Å². The highest BCUT2D eigenvalue weighted by Gasteiger charge is 2.31. The maximum atomic E-state index is 14.0. The van der Waals surface area contributed by atoms with Gasteiger partial charge in [0.25, 0.3) is 5.91 Å². The number of rotatable bonds is 12. The Morgan fingerprint density at radius 1 is 0.604 bits per heavy atom. The van der Waals surface area contributed by atoms with Crippen molar-refractivity contribution >= 4 is 15.9 Å². The Morgan fingerprint density at radius 2 is 1.08 bits per heavy atom. The highest BCUT2D eigenvalue weighted by molar-refractivity contribution is 7.89. The molecule has 0 atom stereocenters. The van der Waals surface area contributed by atoms with Crippen molar-refractivity contribution in [3.63, 3.8) is 0 Å². The molecule has 0 aliphatic carbocycles. The van der Waals surface area contributed by atoms with Gasteiger partial charge in [0, 0.05) is 31.7 Å². The van der Waals surface area contributed by atoms with E-state index in [1.54, 1.807) is 35.2 Å². The van der Waals surface area contributed by atoms with E-state index in [2.05, 4.69) is 0 Å². The highest BCUT2D eigenvalue weighted by Crippen LogP contribution is 2.41. The lowest BCUT2D eigenvalue weighted by atomic mass is 10.1. The minimum absolute atomic E-state index is 0.189. The summed E-state index contributed by atoms with van der Waals surface area (Å²) in [6, 6.07) is 39.6. The third-order valence-corrected chi connectivity index (χ3v) is 10.0. The molecule has 1 fully saturated rings. The molecule has 0 unspecified atom stereocenters. The van der Waals surface area contributed by atoms with Crippen molar-refractivity contribution in [2.75, 3.05) is 26.2 Å². The van der Waals surface area contributed by atoms with E-state index in [0.29, 0.717) is 22.8 Å². The van der Waals surface area contributed by atoms with Crippen molar-refractivity contribution in [1.29, 1.82) is 0 Å². The molecular weight excluding hydrogens is 625 g/mol. The molecule has 1 aliphatic heterocycles. The molecule has 246 valence electrons. The average Bonchev–Trinajstić information content (AvgIpc) is 3.13. The molecule has 1 aliphatic rings. The molecule has 1 amide bonds. The van der Waals surface area contributed by atoms with Crippen LogP contribution in [-0.4, -0.2) is 49.7 Å². The summed E-state index contributed by atoms with van der Waals surface area (Å²) < 4.78 is 47.1. The summed E-state index contributed by atoms with van der Waals surface area (Å²) in [5.41, 5.74) is 4.13. The van der Waals surface area contributed by atoms with Crippen LogP contribution in [0.5, 0.6) is 17.2 Å². The zero-order valence-electron chi connectivity index (χ0n) is 26.8. The minimum atomic E-state index is -3.68. The first-order valence-electron chi connectivity index (χ1n) is 15.9. The second-order valence-electron chi connectivity index (χ2n) is 11.6. The van der Waals surface area contributed by atoms with Crippen molar-refractivity contribution in [3.8, 4) is 17.2 Å². The lowest BCUT2D eigenvalue weighted by molar-refractivity contribution is 0.0696. The molecule has 5 aromatic rings. The van der Waals surface area contributed by atoms with Gasteiger partial charge in [0.05, 0.1) is 4.90 Å². The van der Waals surface area contributed by atoms with E-state index in [0.717, 1.165) is 22.3 Å². The van der Waals surface area contributed by atoms with Crippen LogP contribution in [-0.2, 0) is 29.8 Å². The minimum Gasteiger partial charge on any atom is -0.485 e. The fourth-order valence-electron chi connectivity index (χ4n) is 5.50. The summed E-state index contributed by atoms with van der Waals surface area (Å²) in [6.45, 7) is 3.52. The fraction of sp³-hybridized carbons (Fsp3) is 0.205. The van der Waals surface area contributed by atoms with Crippen LogP contribution in [0.1, 0.15) is 32.6 Å². The van der Waals surface area contributed by atoms with Crippen molar-refractivity contribution in [1.82, 2.24) is 9.21 Å². The molecule has 1 heterocycles. The van der Waals surface area contributed by atoms with Crippen LogP contribution in [0, 0.1) is 6.92 Å². The largest absolute Gasteiger partial charge is 0.485 e. The van der Waals surface area contributed by atoms with Crippen LogP contribution in [0.15, 0.2) is 132 Å². The average molecular weight is 663 g/mol. The molecule has 0 saturated carbocycles. The molecule has 0 bridgehead atoms. The Balaban J connectivity index is 1.28. The number of nitrogens with zero attached hydrogens (tertiary/aromatic N) is 2. The number of hydrogen-bond acceptors (Lipinski definition) is 6. The number of piperazine rings is 1. The summed E-state index contributed by atoms with van der Waals surface area (Å²) in [4.78, 5) is 15.9. The Kier molecular flexibility index (Phi) is 10.4. The maximum Gasteiger partial charge on any atom is 0.254 e. The number of amides is 1. The lowest BCUT2D eigenvalue weighted by Gasteiger charge is -2.34. The van der Waals surface area contributed by atoms with Gasteiger partial charge in [0.1, 0.15) is 19.8 Å². The van der Waals surface area contributed by atoms with E-state index >= 15 is 0 Å². The Hall–Kier alpha value is -5.12. The van der Waals surface area contributed by atoms with Gasteiger partial charge in [-0.3, -0.25) is 4.79 Å². The molecule has 9 heteroatoms. The monoisotopic (exact) mass is 662 g/mol. The number of hydrogen-bond donors (Lipinski definition) is 0. The fourth-order valence-corrected chi connectivity index (χ4v) is 7.02. The second-order valence-corrected chi connectivity index (χ2v) is 13.6. The van der Waals surface area contributed by atoms with E-state index in [1.165, 1.54) is 4.31 Å². The summed E-state index contributed by atoms with van der Waals surface area (Å²) in [6.07, 6.45) is 0. The smallest absolute Gasteiger partial charge is 0.254 e. The van der Waals surface area contributed by atoms with Gasteiger partial charge in [-0.2, -0.15) is 4.31 Å². The van der Waals surface area contributed by atoms with Crippen molar-refractivity contribution < 1.29 is 27.4 Å². The molecule has 1 saturated heterocycles. The topological polar surface area (TPSA) is 85.4 Å². The van der Waals surface area contributed by atoms with Crippen molar-refractivity contribution in [3.05, 3.63) is 155 Å². The number of carbonyl (C=O) groups is 1. The third kappa shape index (κ3) is 8.05. The SMILES string of the molecule is Cc1cccc(S(=O)(=O)N2CCN(C(=O)c3cc(OCc4ccccc4)c(OCc4ccccc4)c(OCc4ccccc4)c3)CC2)c1. The summed E-state index contributed by atoms with van der Waals surface area (Å²) in [5.74, 6) is 0.913. The van der Waals surface area contributed by atoms with Gasteiger partial charge in [0.2, 0.25) is 15.8 Å². The van der Waals surface area contributed by atoms with E-state index in [4.69, 9.17) is 14.2 Å². The van der Waals surface area contributed by atoms with Crippen LogP contribution in [0.2, 0.25) is 0 Å². The molecule has 0 spiro atoms. The maximum absolute atomic E-state index is 14.0. The first-order chi connectivity index (χ1) is 23.4. The first kappa shape index (κ1) is 32.8. The first-order valence-corrected chi connectivity index (χ1v) is 17.3. The predicted molar refractivity (Wildman–Crippen MR) is 185 cm³/mol. The molecule has 5 aromatic carbocycles. The molecule has 0 aromatic heterocycles. The number of benzene rings is 5. The summed E-state index contributed by atoms with van der Waals surface area (Å²) >= 11 is 0. The Bertz CT molecular complexity index is 1860. The number of ether oxygens (including phenoxy) is 3. The lowest BCUT2D eigenvalue weighted by Crippen LogP contribution is -2.50. The van der Waals surface area contributed by atoms with Gasteiger partial charge >= 0.3 is 0 Å². The number of carbonyl (C=O) groups excluding carboxylic acids is 1. The van der Waals surface area contributed by atoms with Crippen LogP contribution in [0.25, 0.3) is 0 Å². The van der Waals surface area contributed by atoms with E-state index in [-0.39, 0.29) is 56.8 Å². The van der Waals surface area contributed by atoms with Crippen LogP contribution < -0.4 is 14.2 Å². The highest BCUT2D eigenvalue weighted by atomic mass is 32.2. The van der Waals surface area contributed by atoms with Crippen molar-refractivity contribution in [2.24, 2.45) is 0 Å². The molecular formula is C39H38N2O6S. The van der Waals surface area contributed by atoms with Gasteiger partial charge < -0.3 is 19.1 Å². The van der Waals surface area contributed by atoms with Crippen LogP contribution in [0.4, 0.5) is 0 Å². The second kappa shape index (κ2) is 15.2. The van der Waals surface area contributed by atoms with Gasteiger partial charge in [-0.05, 0) is 53.4 Å². The van der Waals surface area contributed by atoms with Crippen LogP contribution in [0.3, 0.4) is 0 Å². The van der Waals surface area contributed by atoms with E-state index < -0.39 is 10.0 Å². The van der Waals surface area contributed by atoms with Crippen LogP contribution >= 0.6 is 0 Å². The standard InChI is InChI=1S/C39H38N2O6S/c1-30-12-11-19-35(24-30)48(43,44)41-22-20-40(21-23-41)39(42)34-25-36(45-27-31-13-5-2-6-14-31)38(47-29-33-17-9-4-10-18-33)37(26-34)46-28-32-15-7-3-8-16-32/h2-19,24-26H,20-23,27-29H2,1H3. The zero-order chi connectivity index (χ0) is 33.3. The number of sulfonamides is 1. The van der Waals surface area contributed by atoms with Gasteiger partial charge in [0.15, 0.2) is 11.5 Å². The molecule has 8 nitrogen and oxygen atoms in total. The number of aryl methyl sites for hydroxylation is 1. The molecule has 48 heavy (non-hydrogen) atoms. The van der Waals surface area contributed by atoms with Gasteiger partial charge in [-0.25, -0.2) is 8.42 Å². The van der Waals surface area contributed by atoms with Crippen molar-refractivity contribution in [2.45, 2.75) is 31.6 Å². The normalized spacial score (nSPS) is 13.6. The Labute approximate surface area is 282 Å². The summed E-state index contributed by atoms with van der Waals surface area (Å²) in [5, 5.41) is 0. The quantitative estimate of drug-likeness (QED) is 0.145.